The molecule has 6 heteroatoms. The number of anilines is 2. The largest absolute Gasteiger partial charge is 0.325 e. The molecular formula is C19H20FN3O2. The lowest BCUT2D eigenvalue weighted by Crippen LogP contribution is -2.37. The van der Waals surface area contributed by atoms with Gasteiger partial charge in [0.2, 0.25) is 5.91 Å². The van der Waals surface area contributed by atoms with Crippen LogP contribution in [0.3, 0.4) is 0 Å². The van der Waals surface area contributed by atoms with Crippen LogP contribution in [0.4, 0.5) is 20.6 Å². The maximum atomic E-state index is 13.9. The molecule has 2 aromatic carbocycles. The second-order valence-corrected chi connectivity index (χ2v) is 6.15. The molecule has 2 aromatic rings. The molecule has 0 aromatic heterocycles. The first-order chi connectivity index (χ1) is 12.0. The minimum absolute atomic E-state index is 0.0588. The van der Waals surface area contributed by atoms with Crippen LogP contribution >= 0.6 is 0 Å². The van der Waals surface area contributed by atoms with Gasteiger partial charge in [-0.05, 0) is 49.2 Å². The summed E-state index contributed by atoms with van der Waals surface area (Å²) in [6, 6.07) is 11.4. The van der Waals surface area contributed by atoms with E-state index in [-0.39, 0.29) is 24.2 Å². The molecule has 1 aliphatic heterocycles. The smallest absolute Gasteiger partial charge is 0.325 e. The first-order valence-corrected chi connectivity index (χ1v) is 8.14. The Balaban J connectivity index is 1.63. The number of para-hydroxylation sites is 1. The average Bonchev–Trinajstić information content (AvgIpc) is 2.92. The topological polar surface area (TPSA) is 52.7 Å². The van der Waals surface area contributed by atoms with Gasteiger partial charge in [0, 0.05) is 18.8 Å². The number of nitrogens with zero attached hydrogens (tertiary/aromatic N) is 2. The molecule has 1 N–H and O–H groups in total. The molecule has 0 spiro atoms. The maximum Gasteiger partial charge on any atom is 0.325 e. The van der Waals surface area contributed by atoms with Gasteiger partial charge in [-0.3, -0.25) is 9.69 Å². The van der Waals surface area contributed by atoms with Crippen molar-refractivity contribution in [3.63, 3.8) is 0 Å². The molecule has 1 heterocycles. The molecule has 0 unspecified atom stereocenters. The van der Waals surface area contributed by atoms with Gasteiger partial charge in [0.25, 0.3) is 0 Å². The number of benzene rings is 2. The van der Waals surface area contributed by atoms with Crippen LogP contribution in [-0.4, -0.2) is 36.5 Å². The number of nitrogens with one attached hydrogen (secondary N) is 1. The number of halogens is 1. The van der Waals surface area contributed by atoms with E-state index in [0.29, 0.717) is 18.8 Å². The summed E-state index contributed by atoms with van der Waals surface area (Å²) in [5.74, 6) is -0.718. The van der Waals surface area contributed by atoms with Crippen LogP contribution in [-0.2, 0) is 4.79 Å². The van der Waals surface area contributed by atoms with Gasteiger partial charge in [0.1, 0.15) is 12.4 Å². The molecule has 1 fully saturated rings. The van der Waals surface area contributed by atoms with Crippen molar-refractivity contribution < 1.29 is 14.0 Å². The number of hydrogen-bond acceptors (Lipinski definition) is 2. The Hall–Kier alpha value is -2.89. The molecule has 0 atom stereocenters. The number of hydrogen-bond donors (Lipinski definition) is 1. The Bertz CT molecular complexity index is 822. The van der Waals surface area contributed by atoms with E-state index in [4.69, 9.17) is 0 Å². The minimum Gasteiger partial charge on any atom is -0.325 e. The fourth-order valence-corrected chi connectivity index (χ4v) is 2.82. The molecule has 1 aliphatic rings. The SMILES string of the molecule is Cc1ccc(NC(=O)CN2CCN(c3ccccc3F)C2=O)cc1C. The highest BCUT2D eigenvalue weighted by atomic mass is 19.1. The normalized spacial score (nSPS) is 14.1. The highest BCUT2D eigenvalue weighted by Gasteiger charge is 2.32. The van der Waals surface area contributed by atoms with Crippen LogP contribution in [0.2, 0.25) is 0 Å². The van der Waals surface area contributed by atoms with Gasteiger partial charge >= 0.3 is 6.03 Å². The Morgan fingerprint density at radius 2 is 1.88 bits per heavy atom. The summed E-state index contributed by atoms with van der Waals surface area (Å²) in [6.45, 7) is 4.66. The third-order valence-electron chi connectivity index (χ3n) is 4.36. The van der Waals surface area contributed by atoms with Crippen molar-refractivity contribution in [2.24, 2.45) is 0 Å². The lowest BCUT2D eigenvalue weighted by Gasteiger charge is -2.19. The molecule has 0 bridgehead atoms. The Labute approximate surface area is 146 Å². The highest BCUT2D eigenvalue weighted by molar-refractivity contribution is 5.99. The van der Waals surface area contributed by atoms with E-state index < -0.39 is 5.82 Å². The minimum atomic E-state index is -0.447. The summed E-state index contributed by atoms with van der Waals surface area (Å²) >= 11 is 0. The zero-order valence-corrected chi connectivity index (χ0v) is 14.3. The van der Waals surface area contributed by atoms with E-state index in [0.717, 1.165) is 11.1 Å². The number of aryl methyl sites for hydroxylation is 2. The van der Waals surface area contributed by atoms with Gasteiger partial charge in [0.15, 0.2) is 0 Å². The number of amides is 3. The summed E-state index contributed by atoms with van der Waals surface area (Å²) in [5.41, 5.74) is 3.17. The molecule has 25 heavy (non-hydrogen) atoms. The molecule has 3 amide bonds. The standard InChI is InChI=1S/C19H20FN3O2/c1-13-7-8-15(11-14(13)2)21-18(24)12-22-9-10-23(19(22)25)17-6-4-3-5-16(17)20/h3-8,11H,9-10,12H2,1-2H3,(H,21,24). The lowest BCUT2D eigenvalue weighted by molar-refractivity contribution is -0.116. The predicted molar refractivity (Wildman–Crippen MR) is 95.3 cm³/mol. The van der Waals surface area contributed by atoms with Crippen LogP contribution < -0.4 is 10.2 Å². The van der Waals surface area contributed by atoms with E-state index >= 15 is 0 Å². The summed E-state index contributed by atoms with van der Waals surface area (Å²) in [6.07, 6.45) is 0. The second kappa shape index (κ2) is 6.93. The average molecular weight is 341 g/mol. The van der Waals surface area contributed by atoms with Gasteiger partial charge in [-0.2, -0.15) is 0 Å². The van der Waals surface area contributed by atoms with Crippen LogP contribution in [0.1, 0.15) is 11.1 Å². The van der Waals surface area contributed by atoms with E-state index in [9.17, 15) is 14.0 Å². The quantitative estimate of drug-likeness (QED) is 0.927. The summed E-state index contributed by atoms with van der Waals surface area (Å²) in [5, 5.41) is 2.80. The third kappa shape index (κ3) is 3.63. The lowest BCUT2D eigenvalue weighted by atomic mass is 10.1. The maximum absolute atomic E-state index is 13.9. The van der Waals surface area contributed by atoms with Crippen molar-refractivity contribution in [1.82, 2.24) is 4.90 Å². The van der Waals surface area contributed by atoms with Crippen molar-refractivity contribution in [2.75, 3.05) is 29.9 Å². The summed E-state index contributed by atoms with van der Waals surface area (Å²) in [4.78, 5) is 27.5. The monoisotopic (exact) mass is 341 g/mol. The van der Waals surface area contributed by atoms with E-state index in [1.807, 2.05) is 32.0 Å². The molecule has 5 nitrogen and oxygen atoms in total. The summed E-state index contributed by atoms with van der Waals surface area (Å²) in [7, 11) is 0. The first-order valence-electron chi connectivity index (χ1n) is 8.14. The molecular weight excluding hydrogens is 321 g/mol. The summed E-state index contributed by atoms with van der Waals surface area (Å²) < 4.78 is 13.9. The van der Waals surface area contributed by atoms with Gasteiger partial charge in [-0.15, -0.1) is 0 Å². The number of rotatable bonds is 4. The molecule has 0 radical (unpaired) electrons. The van der Waals surface area contributed by atoms with Crippen molar-refractivity contribution in [2.45, 2.75) is 13.8 Å². The Morgan fingerprint density at radius 3 is 2.60 bits per heavy atom. The third-order valence-corrected chi connectivity index (χ3v) is 4.36. The van der Waals surface area contributed by atoms with Gasteiger partial charge < -0.3 is 10.2 Å². The molecule has 0 aliphatic carbocycles. The Morgan fingerprint density at radius 1 is 1.12 bits per heavy atom. The van der Waals surface area contributed by atoms with Crippen molar-refractivity contribution in [3.05, 3.63) is 59.4 Å². The van der Waals surface area contributed by atoms with E-state index in [1.54, 1.807) is 18.2 Å². The number of carbonyl (C=O) groups is 2. The Kier molecular flexibility index (Phi) is 4.70. The van der Waals surface area contributed by atoms with Gasteiger partial charge in [-0.1, -0.05) is 18.2 Å². The van der Waals surface area contributed by atoms with Crippen LogP contribution in [0.5, 0.6) is 0 Å². The highest BCUT2D eigenvalue weighted by Crippen LogP contribution is 2.23. The number of urea groups is 1. The van der Waals surface area contributed by atoms with Crippen molar-refractivity contribution >= 4 is 23.3 Å². The zero-order chi connectivity index (χ0) is 18.0. The zero-order valence-electron chi connectivity index (χ0n) is 14.3. The van der Waals surface area contributed by atoms with Gasteiger partial charge in [-0.25, -0.2) is 9.18 Å². The van der Waals surface area contributed by atoms with Gasteiger partial charge in [0.05, 0.1) is 5.69 Å². The van der Waals surface area contributed by atoms with Crippen LogP contribution in [0.25, 0.3) is 0 Å². The molecule has 1 saturated heterocycles. The fourth-order valence-electron chi connectivity index (χ4n) is 2.82. The van der Waals surface area contributed by atoms with Crippen molar-refractivity contribution in [1.29, 1.82) is 0 Å². The van der Waals surface area contributed by atoms with Crippen molar-refractivity contribution in [3.8, 4) is 0 Å². The first kappa shape index (κ1) is 17.0. The van der Waals surface area contributed by atoms with Crippen LogP contribution in [0.15, 0.2) is 42.5 Å². The molecule has 130 valence electrons. The predicted octanol–water partition coefficient (Wildman–Crippen LogP) is 3.32. The van der Waals surface area contributed by atoms with E-state index in [2.05, 4.69) is 5.32 Å². The molecule has 3 rings (SSSR count). The molecule has 0 saturated carbocycles. The van der Waals surface area contributed by atoms with Crippen LogP contribution in [0, 0.1) is 19.7 Å². The van der Waals surface area contributed by atoms with E-state index in [1.165, 1.54) is 15.9 Å². The fraction of sp³-hybridized carbons (Fsp3) is 0.263. The number of carbonyl (C=O) groups excluding carboxylic acids is 2. The second-order valence-electron chi connectivity index (χ2n) is 6.15.